The lowest BCUT2D eigenvalue weighted by molar-refractivity contribution is -0.127. The number of likely N-dealkylation sites (tertiary alicyclic amines) is 1. The maximum atomic E-state index is 12.0. The quantitative estimate of drug-likeness (QED) is 0.653. The normalized spacial score (nSPS) is 18.0. The number of benzene rings is 1. The van der Waals surface area contributed by atoms with Crippen LogP contribution in [0.5, 0.6) is 0 Å². The fourth-order valence-corrected chi connectivity index (χ4v) is 2.56. The van der Waals surface area contributed by atoms with E-state index >= 15 is 0 Å². The minimum atomic E-state index is -0.520. The minimum Gasteiger partial charge on any atom is -0.462 e. The average Bonchev–Trinajstić information content (AvgIpc) is 2.73. The largest absolute Gasteiger partial charge is 0.462 e. The maximum Gasteiger partial charge on any atom is 0.340 e. The number of halogens is 1. The minimum absolute atomic E-state index is 0.0299. The third-order valence-corrected chi connectivity index (χ3v) is 3.65. The van der Waals surface area contributed by atoms with E-state index in [1.807, 2.05) is 0 Å². The van der Waals surface area contributed by atoms with Gasteiger partial charge in [-0.3, -0.25) is 4.79 Å². The number of anilines is 2. The molecular formula is C14H18ClN3O3. The van der Waals surface area contributed by atoms with Crippen molar-refractivity contribution in [3.8, 4) is 0 Å². The Kier molecular flexibility index (Phi) is 4.57. The van der Waals surface area contributed by atoms with Crippen molar-refractivity contribution < 1.29 is 14.3 Å². The standard InChI is InChI=1S/C14H18ClN3O3/c1-3-21-14(20)9-6-8(16)7-10(15)12(9)17-11-4-5-18(2)13(11)19/h6-7,11,17H,3-5,16H2,1-2H3. The summed E-state index contributed by atoms with van der Waals surface area (Å²) in [7, 11) is 1.74. The summed E-state index contributed by atoms with van der Waals surface area (Å²) in [5, 5.41) is 3.34. The summed E-state index contributed by atoms with van der Waals surface area (Å²) in [5.74, 6) is -0.550. The molecule has 1 fully saturated rings. The molecule has 3 N–H and O–H groups in total. The molecule has 0 bridgehead atoms. The van der Waals surface area contributed by atoms with Crippen LogP contribution in [0.4, 0.5) is 11.4 Å². The summed E-state index contributed by atoms with van der Waals surface area (Å²) < 4.78 is 5.00. The van der Waals surface area contributed by atoms with Crippen molar-refractivity contribution >= 4 is 34.9 Å². The van der Waals surface area contributed by atoms with E-state index < -0.39 is 12.0 Å². The number of rotatable bonds is 4. The number of nitrogens with one attached hydrogen (secondary N) is 1. The second kappa shape index (κ2) is 6.22. The van der Waals surface area contributed by atoms with E-state index in [0.29, 0.717) is 29.4 Å². The Morgan fingerprint density at radius 1 is 1.57 bits per heavy atom. The Bertz CT molecular complexity index is 577. The number of esters is 1. The first-order valence-electron chi connectivity index (χ1n) is 6.71. The molecule has 1 amide bonds. The number of likely N-dealkylation sites (N-methyl/N-ethyl adjacent to an activating group) is 1. The number of carbonyl (C=O) groups excluding carboxylic acids is 2. The van der Waals surface area contributed by atoms with Crippen LogP contribution in [-0.2, 0) is 9.53 Å². The topological polar surface area (TPSA) is 84.7 Å². The van der Waals surface area contributed by atoms with E-state index in [9.17, 15) is 9.59 Å². The molecule has 0 aromatic heterocycles. The van der Waals surface area contributed by atoms with Gasteiger partial charge in [-0.05, 0) is 25.5 Å². The smallest absolute Gasteiger partial charge is 0.340 e. The van der Waals surface area contributed by atoms with Gasteiger partial charge in [0.1, 0.15) is 6.04 Å². The molecule has 0 radical (unpaired) electrons. The van der Waals surface area contributed by atoms with Gasteiger partial charge >= 0.3 is 5.97 Å². The lowest BCUT2D eigenvalue weighted by atomic mass is 10.1. The summed E-state index contributed by atoms with van der Waals surface area (Å²) in [6, 6.07) is 2.63. The molecule has 1 unspecified atom stereocenters. The molecule has 6 nitrogen and oxygen atoms in total. The number of ether oxygens (including phenoxy) is 1. The molecule has 1 aromatic rings. The zero-order valence-corrected chi connectivity index (χ0v) is 12.7. The first kappa shape index (κ1) is 15.4. The second-order valence-electron chi connectivity index (χ2n) is 4.89. The van der Waals surface area contributed by atoms with Gasteiger partial charge in [0.25, 0.3) is 0 Å². The number of amides is 1. The molecule has 2 rings (SSSR count). The van der Waals surface area contributed by atoms with E-state index in [1.165, 1.54) is 12.1 Å². The highest BCUT2D eigenvalue weighted by molar-refractivity contribution is 6.34. The first-order chi connectivity index (χ1) is 9.93. The van der Waals surface area contributed by atoms with Gasteiger partial charge in [-0.2, -0.15) is 0 Å². The molecule has 1 atom stereocenters. The fourth-order valence-electron chi connectivity index (χ4n) is 2.27. The van der Waals surface area contributed by atoms with Crippen LogP contribution in [0.3, 0.4) is 0 Å². The van der Waals surface area contributed by atoms with Crippen LogP contribution in [0.2, 0.25) is 5.02 Å². The van der Waals surface area contributed by atoms with E-state index in [0.717, 1.165) is 0 Å². The van der Waals surface area contributed by atoms with Gasteiger partial charge in [-0.1, -0.05) is 11.6 Å². The Hall–Kier alpha value is -1.95. The molecule has 7 heteroatoms. The van der Waals surface area contributed by atoms with E-state index in [2.05, 4.69) is 5.32 Å². The van der Waals surface area contributed by atoms with Crippen molar-refractivity contribution in [2.45, 2.75) is 19.4 Å². The van der Waals surface area contributed by atoms with Crippen LogP contribution in [0.25, 0.3) is 0 Å². The van der Waals surface area contributed by atoms with E-state index in [1.54, 1.807) is 18.9 Å². The highest BCUT2D eigenvalue weighted by Crippen LogP contribution is 2.31. The van der Waals surface area contributed by atoms with Crippen LogP contribution in [0.1, 0.15) is 23.7 Å². The predicted molar refractivity (Wildman–Crippen MR) is 81.5 cm³/mol. The average molecular weight is 312 g/mol. The molecule has 1 aromatic carbocycles. The number of hydrogen-bond donors (Lipinski definition) is 2. The van der Waals surface area contributed by atoms with Crippen LogP contribution < -0.4 is 11.1 Å². The summed E-state index contributed by atoms with van der Waals surface area (Å²) in [5.41, 5.74) is 6.72. The first-order valence-corrected chi connectivity index (χ1v) is 7.09. The summed E-state index contributed by atoms with van der Waals surface area (Å²) >= 11 is 6.17. The highest BCUT2D eigenvalue weighted by Gasteiger charge is 2.30. The van der Waals surface area contributed by atoms with Crippen molar-refractivity contribution in [2.75, 3.05) is 31.2 Å². The summed E-state index contributed by atoms with van der Waals surface area (Å²) in [4.78, 5) is 25.6. The molecule has 114 valence electrons. The second-order valence-corrected chi connectivity index (χ2v) is 5.30. The molecule has 1 saturated heterocycles. The molecule has 0 aliphatic carbocycles. The van der Waals surface area contributed by atoms with Crippen LogP contribution >= 0.6 is 11.6 Å². The van der Waals surface area contributed by atoms with Gasteiger partial charge in [0, 0.05) is 19.3 Å². The zero-order chi connectivity index (χ0) is 15.6. The molecule has 1 heterocycles. The molecular weight excluding hydrogens is 294 g/mol. The Labute approximate surface area is 128 Å². The lowest BCUT2D eigenvalue weighted by Crippen LogP contribution is -2.31. The number of carbonyl (C=O) groups is 2. The third-order valence-electron chi connectivity index (χ3n) is 3.35. The van der Waals surface area contributed by atoms with Crippen molar-refractivity contribution in [3.63, 3.8) is 0 Å². The Balaban J connectivity index is 2.33. The molecule has 0 spiro atoms. The molecule has 0 saturated carbocycles. The van der Waals surface area contributed by atoms with Crippen molar-refractivity contribution in [1.82, 2.24) is 4.90 Å². The monoisotopic (exact) mass is 311 g/mol. The predicted octanol–water partition coefficient (Wildman–Crippen LogP) is 1.74. The Morgan fingerprint density at radius 3 is 2.86 bits per heavy atom. The highest BCUT2D eigenvalue weighted by atomic mass is 35.5. The maximum absolute atomic E-state index is 12.0. The number of nitrogens with zero attached hydrogens (tertiary/aromatic N) is 1. The molecule has 1 aliphatic heterocycles. The van der Waals surface area contributed by atoms with Crippen molar-refractivity contribution in [2.24, 2.45) is 0 Å². The van der Waals surface area contributed by atoms with Gasteiger partial charge in [0.05, 0.1) is 22.9 Å². The zero-order valence-electron chi connectivity index (χ0n) is 12.0. The number of nitrogen functional groups attached to an aromatic ring is 1. The van der Waals surface area contributed by atoms with Gasteiger partial charge in [0.15, 0.2) is 0 Å². The number of nitrogens with two attached hydrogens (primary N) is 1. The number of hydrogen-bond acceptors (Lipinski definition) is 5. The summed E-state index contributed by atoms with van der Waals surface area (Å²) in [6.45, 7) is 2.63. The van der Waals surface area contributed by atoms with E-state index in [4.69, 9.17) is 22.1 Å². The summed E-state index contributed by atoms with van der Waals surface area (Å²) in [6.07, 6.45) is 0.651. The van der Waals surface area contributed by atoms with E-state index in [-0.39, 0.29) is 18.1 Å². The van der Waals surface area contributed by atoms with Crippen LogP contribution in [0.15, 0.2) is 12.1 Å². The van der Waals surface area contributed by atoms with Gasteiger partial charge in [-0.15, -0.1) is 0 Å². The lowest BCUT2D eigenvalue weighted by Gasteiger charge is -2.18. The van der Waals surface area contributed by atoms with Crippen molar-refractivity contribution in [3.05, 3.63) is 22.7 Å². The Morgan fingerprint density at radius 2 is 2.29 bits per heavy atom. The van der Waals surface area contributed by atoms with Gasteiger partial charge < -0.3 is 20.7 Å². The SMILES string of the molecule is CCOC(=O)c1cc(N)cc(Cl)c1NC1CCN(C)C1=O. The molecule has 1 aliphatic rings. The van der Waals surface area contributed by atoms with Crippen LogP contribution in [0, 0.1) is 0 Å². The van der Waals surface area contributed by atoms with Crippen molar-refractivity contribution in [1.29, 1.82) is 0 Å². The van der Waals surface area contributed by atoms with Gasteiger partial charge in [0.2, 0.25) is 5.91 Å². The van der Waals surface area contributed by atoms with Crippen LogP contribution in [-0.4, -0.2) is 43.0 Å². The third kappa shape index (κ3) is 3.21. The van der Waals surface area contributed by atoms with Gasteiger partial charge in [-0.25, -0.2) is 4.79 Å². The fraction of sp³-hybridized carbons (Fsp3) is 0.429. The molecule has 21 heavy (non-hydrogen) atoms.